The molecule has 29 heavy (non-hydrogen) atoms. The van der Waals surface area contributed by atoms with Crippen molar-refractivity contribution in [1.82, 2.24) is 24.9 Å². The number of likely N-dealkylation sites (tertiary alicyclic amines) is 3. The van der Waals surface area contributed by atoms with Crippen molar-refractivity contribution in [2.24, 2.45) is 5.92 Å². The van der Waals surface area contributed by atoms with E-state index < -0.39 is 0 Å². The van der Waals surface area contributed by atoms with Crippen molar-refractivity contribution in [2.75, 3.05) is 65.4 Å². The molecule has 4 saturated heterocycles. The van der Waals surface area contributed by atoms with Crippen LogP contribution in [-0.4, -0.2) is 109 Å². The number of amides is 2. The first-order valence-electron chi connectivity index (χ1n) is 10.9. The number of nitrogens with zero attached hydrogens (tertiary/aromatic N) is 4. The minimum Gasteiger partial charge on any atom is -0.341 e. The summed E-state index contributed by atoms with van der Waals surface area (Å²) in [5.41, 5.74) is 0. The van der Waals surface area contributed by atoms with E-state index in [1.54, 1.807) is 0 Å². The highest BCUT2D eigenvalue weighted by Gasteiger charge is 2.40. The lowest BCUT2D eigenvalue weighted by molar-refractivity contribution is -0.135. The molecule has 3 unspecified atom stereocenters. The second-order valence-corrected chi connectivity index (χ2v) is 8.64. The third kappa shape index (κ3) is 5.56. The molecule has 168 valence electrons. The van der Waals surface area contributed by atoms with E-state index >= 15 is 0 Å². The molecule has 2 amide bonds. The maximum Gasteiger partial charge on any atom is 0.228 e. The Morgan fingerprint density at radius 1 is 1.07 bits per heavy atom. The maximum absolute atomic E-state index is 13.0. The lowest BCUT2D eigenvalue weighted by atomic mass is 10.1. The quantitative estimate of drug-likeness (QED) is 0.668. The minimum absolute atomic E-state index is 0. The van der Waals surface area contributed by atoms with Gasteiger partial charge in [0, 0.05) is 70.9 Å². The predicted octanol–water partition coefficient (Wildman–Crippen LogP) is 0.669. The summed E-state index contributed by atoms with van der Waals surface area (Å²) in [6, 6.07) is 0.984. The van der Waals surface area contributed by atoms with Gasteiger partial charge in [0.05, 0.1) is 5.92 Å². The molecular weight excluding hydrogens is 413 g/mol. The Labute approximate surface area is 187 Å². The summed E-state index contributed by atoms with van der Waals surface area (Å²) < 4.78 is 0. The summed E-state index contributed by atoms with van der Waals surface area (Å²) in [7, 11) is 0. The standard InChI is InChI=1S/C20H35N5O2.2ClH/c1-2-22-8-3-4-17(22)15-25-13-16(12-19(25)26)20(27)24-9-5-18(14-24)23-10-6-21-7-11-23;;/h16-18,21H,2-15H2,1H3;2*1H. The van der Waals surface area contributed by atoms with Crippen LogP contribution in [0.1, 0.15) is 32.6 Å². The Kier molecular flexibility index (Phi) is 9.48. The van der Waals surface area contributed by atoms with E-state index in [2.05, 4.69) is 22.0 Å². The molecule has 4 aliphatic heterocycles. The summed E-state index contributed by atoms with van der Waals surface area (Å²) in [5.74, 6) is 0.257. The fourth-order valence-corrected chi connectivity index (χ4v) is 5.43. The van der Waals surface area contributed by atoms with Gasteiger partial charge in [0.25, 0.3) is 0 Å². The lowest BCUT2D eigenvalue weighted by Gasteiger charge is -2.32. The predicted molar refractivity (Wildman–Crippen MR) is 119 cm³/mol. The molecule has 7 nitrogen and oxygen atoms in total. The maximum atomic E-state index is 13.0. The number of carbonyl (C=O) groups excluding carboxylic acids is 2. The first kappa shape index (κ1) is 24.7. The molecule has 1 N–H and O–H groups in total. The van der Waals surface area contributed by atoms with Crippen molar-refractivity contribution in [3.63, 3.8) is 0 Å². The van der Waals surface area contributed by atoms with Crippen LogP contribution in [-0.2, 0) is 9.59 Å². The molecule has 0 aromatic carbocycles. The number of rotatable bonds is 5. The zero-order chi connectivity index (χ0) is 18.8. The topological polar surface area (TPSA) is 59.1 Å². The van der Waals surface area contributed by atoms with E-state index in [1.807, 2.05) is 9.80 Å². The van der Waals surface area contributed by atoms with Crippen LogP contribution >= 0.6 is 24.8 Å². The Bertz CT molecular complexity index is 561. The highest BCUT2D eigenvalue weighted by atomic mass is 35.5. The van der Waals surface area contributed by atoms with Crippen molar-refractivity contribution in [3.8, 4) is 0 Å². The molecule has 0 saturated carbocycles. The number of halogens is 2. The Hall–Kier alpha value is -0.600. The number of carbonyl (C=O) groups is 2. The summed E-state index contributed by atoms with van der Waals surface area (Å²) in [4.78, 5) is 34.5. The van der Waals surface area contributed by atoms with Crippen molar-refractivity contribution >= 4 is 36.6 Å². The van der Waals surface area contributed by atoms with Crippen molar-refractivity contribution in [3.05, 3.63) is 0 Å². The molecule has 4 rings (SSSR count). The second-order valence-electron chi connectivity index (χ2n) is 8.64. The molecular formula is C20H37Cl2N5O2. The number of nitrogens with one attached hydrogen (secondary N) is 1. The van der Waals surface area contributed by atoms with Gasteiger partial charge < -0.3 is 15.1 Å². The molecule has 0 aromatic rings. The molecule has 4 heterocycles. The summed E-state index contributed by atoms with van der Waals surface area (Å²) in [6.45, 7) is 11.8. The monoisotopic (exact) mass is 449 g/mol. The van der Waals surface area contributed by atoms with Gasteiger partial charge in [0.15, 0.2) is 0 Å². The highest BCUT2D eigenvalue weighted by molar-refractivity contribution is 5.89. The van der Waals surface area contributed by atoms with Crippen LogP contribution in [0.25, 0.3) is 0 Å². The molecule has 0 aliphatic carbocycles. The first-order chi connectivity index (χ1) is 13.2. The first-order valence-corrected chi connectivity index (χ1v) is 10.9. The second kappa shape index (κ2) is 11.1. The third-order valence-electron chi connectivity index (χ3n) is 7.04. The summed E-state index contributed by atoms with van der Waals surface area (Å²) >= 11 is 0. The smallest absolute Gasteiger partial charge is 0.228 e. The number of hydrogen-bond acceptors (Lipinski definition) is 5. The van der Waals surface area contributed by atoms with Crippen LogP contribution in [0.15, 0.2) is 0 Å². The summed E-state index contributed by atoms with van der Waals surface area (Å²) in [5, 5.41) is 3.39. The van der Waals surface area contributed by atoms with Gasteiger partial charge in [0.1, 0.15) is 0 Å². The van der Waals surface area contributed by atoms with Gasteiger partial charge >= 0.3 is 0 Å². The van der Waals surface area contributed by atoms with Gasteiger partial charge in [-0.1, -0.05) is 6.92 Å². The van der Waals surface area contributed by atoms with Crippen molar-refractivity contribution < 1.29 is 9.59 Å². The van der Waals surface area contributed by atoms with Crippen molar-refractivity contribution in [1.29, 1.82) is 0 Å². The zero-order valence-electron chi connectivity index (χ0n) is 17.6. The van der Waals surface area contributed by atoms with E-state index in [-0.39, 0.29) is 42.5 Å². The molecule has 0 radical (unpaired) electrons. The zero-order valence-corrected chi connectivity index (χ0v) is 19.2. The van der Waals surface area contributed by atoms with E-state index in [0.717, 1.165) is 65.3 Å². The molecule has 9 heteroatoms. The fourth-order valence-electron chi connectivity index (χ4n) is 5.43. The van der Waals surface area contributed by atoms with Gasteiger partial charge in [-0.25, -0.2) is 0 Å². The van der Waals surface area contributed by atoms with Crippen molar-refractivity contribution in [2.45, 2.75) is 44.7 Å². The molecule has 4 aliphatic rings. The molecule has 3 atom stereocenters. The van der Waals surface area contributed by atoms with Gasteiger partial charge in [-0.05, 0) is 32.4 Å². The number of likely N-dealkylation sites (N-methyl/N-ethyl adjacent to an activating group) is 1. The van der Waals surface area contributed by atoms with Gasteiger partial charge in [0.2, 0.25) is 11.8 Å². The van der Waals surface area contributed by atoms with Gasteiger partial charge in [-0.2, -0.15) is 0 Å². The van der Waals surface area contributed by atoms with E-state index in [9.17, 15) is 9.59 Å². The Morgan fingerprint density at radius 2 is 1.83 bits per heavy atom. The number of piperazine rings is 1. The fraction of sp³-hybridized carbons (Fsp3) is 0.900. The molecule has 0 spiro atoms. The van der Waals surface area contributed by atoms with Crippen LogP contribution in [0.5, 0.6) is 0 Å². The largest absolute Gasteiger partial charge is 0.341 e. The SMILES string of the molecule is CCN1CCCC1CN1CC(C(=O)N2CCC(N3CCNCC3)C2)CC1=O.Cl.Cl. The normalized spacial score (nSPS) is 31.1. The lowest BCUT2D eigenvalue weighted by Crippen LogP contribution is -2.49. The van der Waals surface area contributed by atoms with E-state index in [4.69, 9.17) is 0 Å². The number of hydrogen-bond donors (Lipinski definition) is 1. The third-order valence-corrected chi connectivity index (χ3v) is 7.04. The molecule has 0 bridgehead atoms. The van der Waals surface area contributed by atoms with Crippen LogP contribution in [0, 0.1) is 5.92 Å². The van der Waals surface area contributed by atoms with Gasteiger partial charge in [-0.15, -0.1) is 24.8 Å². The van der Waals surface area contributed by atoms with Crippen LogP contribution in [0.3, 0.4) is 0 Å². The van der Waals surface area contributed by atoms with E-state index in [1.165, 1.54) is 12.8 Å². The molecule has 4 fully saturated rings. The van der Waals surface area contributed by atoms with Crippen LogP contribution in [0.2, 0.25) is 0 Å². The summed E-state index contributed by atoms with van der Waals surface area (Å²) in [6.07, 6.45) is 3.88. The van der Waals surface area contributed by atoms with Crippen LogP contribution < -0.4 is 5.32 Å². The average Bonchev–Trinajstić information content (AvgIpc) is 3.43. The van der Waals surface area contributed by atoms with E-state index in [0.29, 0.717) is 25.0 Å². The van der Waals surface area contributed by atoms with Crippen LogP contribution in [0.4, 0.5) is 0 Å². The highest BCUT2D eigenvalue weighted by Crippen LogP contribution is 2.26. The molecule has 0 aromatic heterocycles. The van der Waals surface area contributed by atoms with Gasteiger partial charge in [-0.3, -0.25) is 19.4 Å². The Morgan fingerprint density at radius 3 is 2.55 bits per heavy atom. The average molecular weight is 450 g/mol. The Balaban J connectivity index is 0.00000150. The minimum atomic E-state index is -0.129.